The van der Waals surface area contributed by atoms with Gasteiger partial charge in [0.15, 0.2) is 16.3 Å². The summed E-state index contributed by atoms with van der Waals surface area (Å²) in [5.41, 5.74) is 2.31. The Bertz CT molecular complexity index is 1590. The molecule has 37 heavy (non-hydrogen) atoms. The summed E-state index contributed by atoms with van der Waals surface area (Å²) in [4.78, 5) is 32.5. The number of halogens is 1. The second kappa shape index (κ2) is 10.5. The zero-order valence-corrected chi connectivity index (χ0v) is 23.0. The first kappa shape index (κ1) is 25.3. The molecule has 1 unspecified atom stereocenters. The van der Waals surface area contributed by atoms with Crippen LogP contribution in [0.5, 0.6) is 17.2 Å². The summed E-state index contributed by atoms with van der Waals surface area (Å²) in [5.74, 6) is 1.41. The number of carbonyl (C=O) groups excluding carboxylic acids is 1. The number of esters is 1. The number of fused-ring (bicyclic) bond motifs is 2. The fraction of sp³-hybridized carbons (Fsp3) is 0.296. The van der Waals surface area contributed by atoms with Gasteiger partial charge in [-0.05, 0) is 70.7 Å². The van der Waals surface area contributed by atoms with Gasteiger partial charge in [0.05, 0.1) is 40.0 Å². The molecule has 3 heterocycles. The van der Waals surface area contributed by atoms with Crippen LogP contribution in [0.2, 0.25) is 0 Å². The third-order valence-corrected chi connectivity index (χ3v) is 7.68. The maximum absolute atomic E-state index is 13.8. The third kappa shape index (κ3) is 4.71. The number of methoxy groups -OCH3 is 1. The molecule has 0 saturated carbocycles. The molecule has 0 aliphatic carbocycles. The summed E-state index contributed by atoms with van der Waals surface area (Å²) < 4.78 is 24.7. The third-order valence-electron chi connectivity index (χ3n) is 6.08. The van der Waals surface area contributed by atoms with Crippen LogP contribution in [0.4, 0.5) is 0 Å². The molecule has 0 spiro atoms. The molecule has 10 heteroatoms. The van der Waals surface area contributed by atoms with Crippen LogP contribution in [-0.4, -0.2) is 31.0 Å². The molecule has 192 valence electrons. The predicted molar refractivity (Wildman–Crippen MR) is 143 cm³/mol. The van der Waals surface area contributed by atoms with Crippen molar-refractivity contribution in [1.82, 2.24) is 4.57 Å². The number of hydrogen-bond donors (Lipinski definition) is 0. The average Bonchev–Trinajstić information content (AvgIpc) is 3.47. The first-order valence-electron chi connectivity index (χ1n) is 11.9. The maximum atomic E-state index is 13.8. The lowest BCUT2D eigenvalue weighted by atomic mass is 9.94. The lowest BCUT2D eigenvalue weighted by Gasteiger charge is -2.25. The molecule has 8 nitrogen and oxygen atoms in total. The molecular weight excluding hydrogens is 560 g/mol. The van der Waals surface area contributed by atoms with E-state index in [9.17, 15) is 9.59 Å². The zero-order chi connectivity index (χ0) is 26.1. The molecule has 2 aromatic carbocycles. The molecule has 5 rings (SSSR count). The minimum Gasteiger partial charge on any atom is -0.496 e. The van der Waals surface area contributed by atoms with E-state index in [0.717, 1.165) is 22.0 Å². The van der Waals surface area contributed by atoms with E-state index >= 15 is 0 Å². The highest BCUT2D eigenvalue weighted by Gasteiger charge is 2.35. The molecule has 2 aliphatic heterocycles. The van der Waals surface area contributed by atoms with Crippen molar-refractivity contribution in [3.63, 3.8) is 0 Å². The minimum absolute atomic E-state index is 0.126. The molecule has 0 saturated heterocycles. The quantitative estimate of drug-likeness (QED) is 0.389. The number of ether oxygens (including phenoxy) is 4. The second-order valence-corrected chi connectivity index (χ2v) is 10.3. The Labute approximate surface area is 225 Å². The Balaban J connectivity index is 1.73. The first-order valence-corrected chi connectivity index (χ1v) is 13.5. The van der Waals surface area contributed by atoms with Crippen molar-refractivity contribution in [3.05, 3.63) is 83.0 Å². The summed E-state index contributed by atoms with van der Waals surface area (Å²) in [5, 5.41) is 0. The van der Waals surface area contributed by atoms with E-state index in [-0.39, 0.29) is 19.0 Å². The van der Waals surface area contributed by atoms with Crippen molar-refractivity contribution in [2.45, 2.75) is 32.7 Å². The lowest BCUT2D eigenvalue weighted by Crippen LogP contribution is -2.40. The molecule has 0 N–H and O–H groups in total. The van der Waals surface area contributed by atoms with Gasteiger partial charge in [0.2, 0.25) is 6.79 Å². The Hall–Kier alpha value is -3.37. The topological polar surface area (TPSA) is 88.4 Å². The van der Waals surface area contributed by atoms with E-state index in [2.05, 4.69) is 15.9 Å². The summed E-state index contributed by atoms with van der Waals surface area (Å²) in [6.45, 7) is 4.13. The average molecular weight is 585 g/mol. The minimum atomic E-state index is -0.712. The van der Waals surface area contributed by atoms with E-state index in [0.29, 0.717) is 44.3 Å². The fourth-order valence-corrected chi connectivity index (χ4v) is 6.02. The molecule has 0 fully saturated rings. The molecule has 0 amide bonds. The highest BCUT2D eigenvalue weighted by Crippen LogP contribution is 2.39. The number of nitrogens with zero attached hydrogens (tertiary/aromatic N) is 2. The standard InChI is InChI=1S/C27H25BrN2O6S/c1-4-6-18-23(26(32)34-5-2)24(16-8-10-20-21(13-16)36-14-35-20)30-25(31)22(37-27(30)29-18)12-15-7-9-19(33-3)17(28)11-15/h7-13,24H,4-6,14H2,1-3H3/b22-12-. The highest BCUT2D eigenvalue weighted by molar-refractivity contribution is 9.10. The van der Waals surface area contributed by atoms with Gasteiger partial charge in [0, 0.05) is 0 Å². The van der Waals surface area contributed by atoms with Gasteiger partial charge in [-0.3, -0.25) is 9.36 Å². The summed E-state index contributed by atoms with van der Waals surface area (Å²) in [6, 6.07) is 10.4. The van der Waals surface area contributed by atoms with Crippen molar-refractivity contribution < 1.29 is 23.7 Å². The maximum Gasteiger partial charge on any atom is 0.338 e. The zero-order valence-electron chi connectivity index (χ0n) is 20.6. The molecular formula is C27H25BrN2O6S. The van der Waals surface area contributed by atoms with Crippen LogP contribution in [-0.2, 0) is 9.53 Å². The number of carbonyl (C=O) groups is 1. The second-order valence-electron chi connectivity index (χ2n) is 8.42. The van der Waals surface area contributed by atoms with Crippen LogP contribution in [0, 0.1) is 0 Å². The molecule has 2 aliphatic rings. The normalized spacial score (nSPS) is 16.4. The number of benzene rings is 2. The molecule has 1 atom stereocenters. The number of thiazole rings is 1. The van der Waals surface area contributed by atoms with Gasteiger partial charge in [0.25, 0.3) is 5.56 Å². The summed E-state index contributed by atoms with van der Waals surface area (Å²) in [6.07, 6.45) is 3.17. The van der Waals surface area contributed by atoms with Gasteiger partial charge >= 0.3 is 5.97 Å². The monoisotopic (exact) mass is 584 g/mol. The number of aromatic nitrogens is 1. The van der Waals surface area contributed by atoms with Crippen molar-refractivity contribution in [1.29, 1.82) is 0 Å². The molecule has 0 bridgehead atoms. The van der Waals surface area contributed by atoms with Gasteiger partial charge in [-0.1, -0.05) is 36.8 Å². The molecule has 1 aromatic heterocycles. The fourth-order valence-electron chi connectivity index (χ4n) is 4.44. The van der Waals surface area contributed by atoms with Crippen LogP contribution in [0.15, 0.2) is 61.9 Å². The van der Waals surface area contributed by atoms with Gasteiger partial charge in [-0.25, -0.2) is 9.79 Å². The number of rotatable bonds is 7. The van der Waals surface area contributed by atoms with E-state index in [1.54, 1.807) is 24.7 Å². The van der Waals surface area contributed by atoms with Crippen LogP contribution in [0.25, 0.3) is 6.08 Å². The predicted octanol–water partition coefficient (Wildman–Crippen LogP) is 4.08. The van der Waals surface area contributed by atoms with E-state index in [4.69, 9.17) is 23.9 Å². The first-order chi connectivity index (χ1) is 17.9. The van der Waals surface area contributed by atoms with E-state index in [1.165, 1.54) is 11.3 Å². The number of hydrogen-bond acceptors (Lipinski definition) is 8. The van der Waals surface area contributed by atoms with E-state index in [1.807, 2.05) is 43.3 Å². The highest BCUT2D eigenvalue weighted by atomic mass is 79.9. The van der Waals surface area contributed by atoms with E-state index < -0.39 is 12.0 Å². The lowest BCUT2D eigenvalue weighted by molar-refractivity contribution is -0.139. The van der Waals surface area contributed by atoms with Gasteiger partial charge < -0.3 is 18.9 Å². The summed E-state index contributed by atoms with van der Waals surface area (Å²) in [7, 11) is 1.60. The Morgan fingerprint density at radius 3 is 2.76 bits per heavy atom. The Kier molecular flexibility index (Phi) is 7.21. The van der Waals surface area contributed by atoms with Crippen molar-refractivity contribution in [3.8, 4) is 17.2 Å². The van der Waals surface area contributed by atoms with Crippen molar-refractivity contribution >= 4 is 39.3 Å². The number of allylic oxidation sites excluding steroid dienone is 1. The molecule has 0 radical (unpaired) electrons. The Morgan fingerprint density at radius 1 is 1.22 bits per heavy atom. The molecule has 3 aromatic rings. The van der Waals surface area contributed by atoms with Crippen LogP contribution in [0.1, 0.15) is 43.9 Å². The van der Waals surface area contributed by atoms with Crippen molar-refractivity contribution in [2.24, 2.45) is 4.99 Å². The SMILES string of the molecule is CCCC1=C(C(=O)OCC)C(c2ccc3c(c2)OCO3)n2c(s/c(=C\c3ccc(OC)c(Br)c3)c2=O)=N1. The summed E-state index contributed by atoms with van der Waals surface area (Å²) >= 11 is 4.79. The smallest absolute Gasteiger partial charge is 0.338 e. The van der Waals surface area contributed by atoms with Crippen LogP contribution in [0.3, 0.4) is 0 Å². The van der Waals surface area contributed by atoms with Gasteiger partial charge in [-0.2, -0.15) is 0 Å². The largest absolute Gasteiger partial charge is 0.496 e. The van der Waals surface area contributed by atoms with Crippen LogP contribution >= 0.6 is 27.3 Å². The van der Waals surface area contributed by atoms with Crippen molar-refractivity contribution in [2.75, 3.05) is 20.5 Å². The van der Waals surface area contributed by atoms with Crippen LogP contribution < -0.4 is 29.1 Å². The van der Waals surface area contributed by atoms with Gasteiger partial charge in [-0.15, -0.1) is 0 Å². The Morgan fingerprint density at radius 2 is 2.03 bits per heavy atom. The van der Waals surface area contributed by atoms with Gasteiger partial charge in [0.1, 0.15) is 5.75 Å².